The molecule has 0 bridgehead atoms. The van der Waals surface area contributed by atoms with E-state index in [1.165, 1.54) is 12.3 Å². The third-order valence-corrected chi connectivity index (χ3v) is 6.09. The fourth-order valence-corrected chi connectivity index (χ4v) is 4.29. The number of aromatic carboxylic acids is 1. The van der Waals surface area contributed by atoms with Gasteiger partial charge in [0.05, 0.1) is 16.8 Å². The van der Waals surface area contributed by atoms with Gasteiger partial charge in [-0.2, -0.15) is 0 Å². The van der Waals surface area contributed by atoms with Gasteiger partial charge in [-0.25, -0.2) is 27.0 Å². The van der Waals surface area contributed by atoms with Gasteiger partial charge in [-0.1, -0.05) is 19.3 Å². The first-order valence-electron chi connectivity index (χ1n) is 9.24. The van der Waals surface area contributed by atoms with Gasteiger partial charge in [-0.3, -0.25) is 4.72 Å². The van der Waals surface area contributed by atoms with Crippen molar-refractivity contribution in [1.29, 1.82) is 0 Å². The SMILES string of the molecule is O=C(O)c1cc(NS(=O)(=O)c2ccc(F)c(F)c2)cnc1N1CCCCCCC1. The summed E-state index contributed by atoms with van der Waals surface area (Å²) in [6.07, 6.45) is 6.34. The van der Waals surface area contributed by atoms with Gasteiger partial charge in [0.15, 0.2) is 11.6 Å². The third kappa shape index (κ3) is 5.00. The number of nitrogens with zero attached hydrogens (tertiary/aromatic N) is 2. The summed E-state index contributed by atoms with van der Waals surface area (Å²) in [5, 5.41) is 9.59. The predicted molar refractivity (Wildman–Crippen MR) is 104 cm³/mol. The molecule has 1 aromatic heterocycles. The zero-order chi connectivity index (χ0) is 21.0. The fourth-order valence-electron chi connectivity index (χ4n) is 3.24. The van der Waals surface area contributed by atoms with Crippen molar-refractivity contribution < 1.29 is 27.1 Å². The van der Waals surface area contributed by atoms with E-state index in [1.807, 2.05) is 4.90 Å². The molecule has 1 saturated heterocycles. The maximum absolute atomic E-state index is 13.4. The lowest BCUT2D eigenvalue weighted by Gasteiger charge is -2.27. The molecule has 0 amide bonds. The Kier molecular flexibility index (Phi) is 6.31. The van der Waals surface area contributed by atoms with Crippen LogP contribution in [0.3, 0.4) is 0 Å². The third-order valence-electron chi connectivity index (χ3n) is 4.71. The lowest BCUT2D eigenvalue weighted by atomic mass is 10.1. The number of hydrogen-bond acceptors (Lipinski definition) is 5. The molecule has 7 nitrogen and oxygen atoms in total. The molecule has 1 aromatic carbocycles. The van der Waals surface area contributed by atoms with E-state index in [-0.39, 0.29) is 17.1 Å². The summed E-state index contributed by atoms with van der Waals surface area (Å²) >= 11 is 0. The maximum atomic E-state index is 13.4. The molecule has 3 rings (SSSR count). The lowest BCUT2D eigenvalue weighted by molar-refractivity contribution is 0.0697. The van der Waals surface area contributed by atoms with Crippen molar-refractivity contribution in [2.24, 2.45) is 0 Å². The zero-order valence-corrected chi connectivity index (χ0v) is 16.4. The summed E-state index contributed by atoms with van der Waals surface area (Å²) in [5.74, 6) is -3.42. The lowest BCUT2D eigenvalue weighted by Crippen LogP contribution is -2.29. The van der Waals surface area contributed by atoms with Crippen LogP contribution in [-0.2, 0) is 10.0 Å². The molecule has 1 aliphatic rings. The average Bonchev–Trinajstić information content (AvgIpc) is 2.63. The number of rotatable bonds is 5. The minimum atomic E-state index is -4.25. The summed E-state index contributed by atoms with van der Waals surface area (Å²) in [6.45, 7) is 1.35. The van der Waals surface area contributed by atoms with Gasteiger partial charge < -0.3 is 10.0 Å². The first kappa shape index (κ1) is 21.0. The summed E-state index contributed by atoms with van der Waals surface area (Å²) in [7, 11) is -4.25. The quantitative estimate of drug-likeness (QED) is 0.759. The van der Waals surface area contributed by atoms with Crippen molar-refractivity contribution >= 4 is 27.5 Å². The van der Waals surface area contributed by atoms with Crippen LogP contribution in [0.4, 0.5) is 20.3 Å². The fraction of sp³-hybridized carbons (Fsp3) is 0.368. The number of carboxylic acids is 1. The second-order valence-corrected chi connectivity index (χ2v) is 8.52. The Morgan fingerprint density at radius 2 is 1.69 bits per heavy atom. The summed E-state index contributed by atoms with van der Waals surface area (Å²) < 4.78 is 53.5. The first-order chi connectivity index (χ1) is 13.8. The molecular weight excluding hydrogens is 404 g/mol. The van der Waals surface area contributed by atoms with Crippen LogP contribution in [0.2, 0.25) is 0 Å². The van der Waals surface area contributed by atoms with Crippen molar-refractivity contribution in [2.45, 2.75) is 37.0 Å². The number of carboxylic acid groups (broad SMARTS) is 1. The number of sulfonamides is 1. The molecule has 0 aliphatic carbocycles. The normalized spacial score (nSPS) is 15.4. The van der Waals surface area contributed by atoms with Crippen LogP contribution in [-0.4, -0.2) is 37.6 Å². The van der Waals surface area contributed by atoms with Crippen LogP contribution in [0, 0.1) is 11.6 Å². The molecule has 0 saturated carbocycles. The van der Waals surface area contributed by atoms with Gasteiger partial charge >= 0.3 is 5.97 Å². The van der Waals surface area contributed by atoms with Crippen molar-refractivity contribution in [3.63, 3.8) is 0 Å². The number of nitrogens with one attached hydrogen (secondary N) is 1. The van der Waals surface area contributed by atoms with Crippen LogP contribution >= 0.6 is 0 Å². The van der Waals surface area contributed by atoms with Crippen LogP contribution in [0.1, 0.15) is 42.5 Å². The first-order valence-corrected chi connectivity index (χ1v) is 10.7. The van der Waals surface area contributed by atoms with Crippen LogP contribution < -0.4 is 9.62 Å². The van der Waals surface area contributed by atoms with Crippen molar-refractivity contribution in [3.8, 4) is 0 Å². The topological polar surface area (TPSA) is 99.6 Å². The Labute approximate surface area is 167 Å². The van der Waals surface area contributed by atoms with E-state index in [4.69, 9.17) is 0 Å². The molecule has 2 heterocycles. The summed E-state index contributed by atoms with van der Waals surface area (Å²) in [5.41, 5.74) is -0.209. The van der Waals surface area contributed by atoms with E-state index in [0.29, 0.717) is 25.2 Å². The molecule has 1 aliphatic heterocycles. The highest BCUT2D eigenvalue weighted by Gasteiger charge is 2.22. The monoisotopic (exact) mass is 425 g/mol. The highest BCUT2D eigenvalue weighted by atomic mass is 32.2. The second kappa shape index (κ2) is 8.73. The van der Waals surface area contributed by atoms with Crippen LogP contribution in [0.15, 0.2) is 35.4 Å². The average molecular weight is 425 g/mol. The number of hydrogen-bond donors (Lipinski definition) is 2. The number of pyridine rings is 1. The largest absolute Gasteiger partial charge is 0.478 e. The molecule has 156 valence electrons. The highest BCUT2D eigenvalue weighted by Crippen LogP contribution is 2.26. The van der Waals surface area contributed by atoms with E-state index in [9.17, 15) is 27.1 Å². The van der Waals surface area contributed by atoms with Crippen molar-refractivity contribution in [2.75, 3.05) is 22.7 Å². The van der Waals surface area contributed by atoms with Crippen molar-refractivity contribution in [1.82, 2.24) is 4.98 Å². The Bertz CT molecular complexity index is 1010. The Morgan fingerprint density at radius 1 is 1.03 bits per heavy atom. The number of carbonyl (C=O) groups is 1. The molecule has 2 N–H and O–H groups in total. The smallest absolute Gasteiger partial charge is 0.339 e. The van der Waals surface area contributed by atoms with E-state index >= 15 is 0 Å². The van der Waals surface area contributed by atoms with Crippen LogP contribution in [0.5, 0.6) is 0 Å². The van der Waals surface area contributed by atoms with Gasteiger partial charge in [0.2, 0.25) is 0 Å². The number of benzene rings is 1. The minimum Gasteiger partial charge on any atom is -0.478 e. The zero-order valence-electron chi connectivity index (χ0n) is 15.6. The molecule has 0 spiro atoms. The predicted octanol–water partition coefficient (Wildman–Crippen LogP) is 3.63. The van der Waals surface area contributed by atoms with Gasteiger partial charge in [0, 0.05) is 13.1 Å². The van der Waals surface area contributed by atoms with Gasteiger partial charge in [-0.05, 0) is 37.1 Å². The van der Waals surface area contributed by atoms with E-state index in [1.54, 1.807) is 0 Å². The molecule has 0 unspecified atom stereocenters. The molecule has 1 fully saturated rings. The number of anilines is 2. The number of aromatic nitrogens is 1. The van der Waals surface area contributed by atoms with Gasteiger partial charge in [0.25, 0.3) is 10.0 Å². The minimum absolute atomic E-state index is 0.0806. The van der Waals surface area contributed by atoms with Gasteiger partial charge in [0.1, 0.15) is 11.4 Å². The molecule has 0 atom stereocenters. The summed E-state index contributed by atoms with van der Waals surface area (Å²) in [6, 6.07) is 3.36. The standard InChI is InChI=1S/C19H21F2N3O4S/c20-16-7-6-14(11-17(16)21)29(27,28)23-13-10-15(19(25)26)18(22-12-13)24-8-4-2-1-3-5-9-24/h6-7,10-12,23H,1-5,8-9H2,(H,25,26). The molecule has 0 radical (unpaired) electrons. The Balaban J connectivity index is 1.89. The van der Waals surface area contributed by atoms with Gasteiger partial charge in [-0.15, -0.1) is 0 Å². The molecule has 29 heavy (non-hydrogen) atoms. The highest BCUT2D eigenvalue weighted by molar-refractivity contribution is 7.92. The second-order valence-electron chi connectivity index (χ2n) is 6.84. The van der Waals surface area contributed by atoms with E-state index < -0.39 is 32.5 Å². The number of halogens is 2. The molecule has 10 heteroatoms. The Hall–Kier alpha value is -2.75. The maximum Gasteiger partial charge on any atom is 0.339 e. The molecule has 2 aromatic rings. The Morgan fingerprint density at radius 3 is 2.31 bits per heavy atom. The van der Waals surface area contributed by atoms with E-state index in [2.05, 4.69) is 9.71 Å². The summed E-state index contributed by atoms with van der Waals surface area (Å²) in [4.78, 5) is 17.4. The van der Waals surface area contributed by atoms with Crippen molar-refractivity contribution in [3.05, 3.63) is 47.7 Å². The van der Waals surface area contributed by atoms with Crippen LogP contribution in [0.25, 0.3) is 0 Å². The van der Waals surface area contributed by atoms with E-state index in [0.717, 1.165) is 38.2 Å². The molecular formula is C19H21F2N3O4S.